The Morgan fingerprint density at radius 3 is 2.52 bits per heavy atom. The third kappa shape index (κ3) is 5.79. The zero-order chi connectivity index (χ0) is 16.0. The molecule has 0 bridgehead atoms. The summed E-state index contributed by atoms with van der Waals surface area (Å²) in [6.07, 6.45) is 1.01. The molecule has 0 aromatic heterocycles. The molecule has 1 aromatic carbocycles. The fourth-order valence-corrected chi connectivity index (χ4v) is 1.99. The predicted octanol–water partition coefficient (Wildman–Crippen LogP) is -0.113. The third-order valence-electron chi connectivity index (χ3n) is 2.26. The summed E-state index contributed by atoms with van der Waals surface area (Å²) in [7, 11) is -3.42. The molecule has 1 rings (SSSR count). The first kappa shape index (κ1) is 16.9. The van der Waals surface area contributed by atoms with Crippen molar-refractivity contribution in [2.75, 3.05) is 22.9 Å². The number of carbonyl (C=O) groups is 2. The van der Waals surface area contributed by atoms with Crippen molar-refractivity contribution in [1.29, 1.82) is 0 Å². The van der Waals surface area contributed by atoms with Crippen molar-refractivity contribution in [2.24, 2.45) is 5.73 Å². The Morgan fingerprint density at radius 2 is 1.95 bits per heavy atom. The van der Waals surface area contributed by atoms with Crippen LogP contribution in [0.25, 0.3) is 0 Å². The van der Waals surface area contributed by atoms with E-state index in [1.54, 1.807) is 13.0 Å². The van der Waals surface area contributed by atoms with Gasteiger partial charge in [0.1, 0.15) is 0 Å². The van der Waals surface area contributed by atoms with Crippen LogP contribution < -0.4 is 15.8 Å². The van der Waals surface area contributed by atoms with Gasteiger partial charge in [-0.25, -0.2) is 13.2 Å². The van der Waals surface area contributed by atoms with Crippen LogP contribution in [0.1, 0.15) is 6.92 Å². The number of sulfonamides is 1. The van der Waals surface area contributed by atoms with Crippen LogP contribution in [0.3, 0.4) is 0 Å². The number of hydrogen-bond donors (Lipinski definition) is 3. The Labute approximate surface area is 122 Å². The highest BCUT2D eigenvalue weighted by molar-refractivity contribution is 7.92. The van der Waals surface area contributed by atoms with Crippen LogP contribution in [0.4, 0.5) is 11.4 Å². The molecule has 0 aliphatic heterocycles. The predicted molar refractivity (Wildman–Crippen MR) is 78.1 cm³/mol. The van der Waals surface area contributed by atoms with E-state index in [1.165, 1.54) is 18.2 Å². The number of esters is 1. The number of hydrogen-bond acceptors (Lipinski definition) is 6. The van der Waals surface area contributed by atoms with Gasteiger partial charge in [0.15, 0.2) is 6.04 Å². The number of benzene rings is 1. The Hall–Kier alpha value is -2.13. The van der Waals surface area contributed by atoms with Gasteiger partial charge >= 0.3 is 5.97 Å². The third-order valence-corrected chi connectivity index (χ3v) is 2.86. The highest BCUT2D eigenvalue weighted by atomic mass is 32.2. The van der Waals surface area contributed by atoms with Crippen LogP contribution in [0.2, 0.25) is 0 Å². The minimum absolute atomic E-state index is 0.119. The Balaban J connectivity index is 2.77. The summed E-state index contributed by atoms with van der Waals surface area (Å²) < 4.78 is 29.1. The van der Waals surface area contributed by atoms with Gasteiger partial charge < -0.3 is 15.8 Å². The van der Waals surface area contributed by atoms with Crippen molar-refractivity contribution in [2.45, 2.75) is 13.0 Å². The van der Waals surface area contributed by atoms with E-state index in [2.05, 4.69) is 14.8 Å². The molecule has 4 N–H and O–H groups in total. The first-order valence-electron chi connectivity index (χ1n) is 6.04. The largest absolute Gasteiger partial charge is 0.464 e. The molecular weight excluding hydrogens is 298 g/mol. The van der Waals surface area contributed by atoms with E-state index in [1.807, 2.05) is 0 Å². The molecule has 1 amide bonds. The summed E-state index contributed by atoms with van der Waals surface area (Å²) in [5.74, 6) is -1.58. The molecule has 0 fully saturated rings. The topological polar surface area (TPSA) is 128 Å². The lowest BCUT2D eigenvalue weighted by molar-refractivity contribution is -0.146. The molecule has 1 unspecified atom stereocenters. The monoisotopic (exact) mass is 315 g/mol. The van der Waals surface area contributed by atoms with Crippen molar-refractivity contribution >= 4 is 33.3 Å². The molecule has 1 atom stereocenters. The quantitative estimate of drug-likeness (QED) is 0.496. The second kappa shape index (κ2) is 7.04. The number of rotatable bonds is 6. The van der Waals surface area contributed by atoms with Gasteiger partial charge in [0, 0.05) is 5.69 Å². The fourth-order valence-electron chi connectivity index (χ4n) is 1.43. The van der Waals surface area contributed by atoms with E-state index in [9.17, 15) is 18.0 Å². The van der Waals surface area contributed by atoms with Crippen LogP contribution in [0.15, 0.2) is 24.3 Å². The second-order valence-electron chi connectivity index (χ2n) is 4.17. The van der Waals surface area contributed by atoms with Crippen molar-refractivity contribution in [1.82, 2.24) is 0 Å². The van der Waals surface area contributed by atoms with Crippen LogP contribution >= 0.6 is 0 Å². The normalized spacial score (nSPS) is 12.3. The molecule has 0 spiro atoms. The summed E-state index contributed by atoms with van der Waals surface area (Å²) in [6, 6.07) is 4.54. The molecule has 0 saturated heterocycles. The number of anilines is 2. The molecule has 0 radical (unpaired) electrons. The molecule has 8 nitrogen and oxygen atoms in total. The molecule has 9 heteroatoms. The van der Waals surface area contributed by atoms with Gasteiger partial charge in [0.05, 0.1) is 18.6 Å². The van der Waals surface area contributed by atoms with Gasteiger partial charge in [-0.3, -0.25) is 9.52 Å². The van der Waals surface area contributed by atoms with E-state index < -0.39 is 27.9 Å². The molecule has 116 valence electrons. The zero-order valence-corrected chi connectivity index (χ0v) is 12.4. The number of carbonyl (C=O) groups excluding carboxylic acids is 2. The van der Waals surface area contributed by atoms with Crippen molar-refractivity contribution in [3.05, 3.63) is 24.3 Å². The summed E-state index contributed by atoms with van der Waals surface area (Å²) >= 11 is 0. The molecule has 0 aliphatic rings. The number of nitrogens with one attached hydrogen (secondary N) is 2. The van der Waals surface area contributed by atoms with E-state index in [4.69, 9.17) is 5.73 Å². The molecule has 21 heavy (non-hydrogen) atoms. The molecule has 0 heterocycles. The molecule has 1 aromatic rings. The highest BCUT2D eigenvalue weighted by Gasteiger charge is 2.23. The van der Waals surface area contributed by atoms with Gasteiger partial charge in [-0.1, -0.05) is 6.07 Å². The second-order valence-corrected chi connectivity index (χ2v) is 5.92. The fraction of sp³-hybridized carbons (Fsp3) is 0.333. The van der Waals surface area contributed by atoms with Crippen LogP contribution in [-0.2, 0) is 24.3 Å². The van der Waals surface area contributed by atoms with E-state index in [-0.39, 0.29) is 12.3 Å². The van der Waals surface area contributed by atoms with Crippen molar-refractivity contribution in [3.8, 4) is 0 Å². The van der Waals surface area contributed by atoms with Gasteiger partial charge in [-0.15, -0.1) is 0 Å². The summed E-state index contributed by atoms with van der Waals surface area (Å²) in [5, 5.41) is 2.41. The van der Waals surface area contributed by atoms with Crippen molar-refractivity contribution in [3.63, 3.8) is 0 Å². The average molecular weight is 315 g/mol. The van der Waals surface area contributed by atoms with Crippen molar-refractivity contribution < 1.29 is 22.7 Å². The first-order valence-corrected chi connectivity index (χ1v) is 7.93. The Bertz CT molecular complexity index is 630. The smallest absolute Gasteiger partial charge is 0.332 e. The highest BCUT2D eigenvalue weighted by Crippen LogP contribution is 2.16. The maximum Gasteiger partial charge on any atom is 0.332 e. The Morgan fingerprint density at radius 1 is 1.33 bits per heavy atom. The lowest BCUT2D eigenvalue weighted by atomic mass is 10.2. The van der Waals surface area contributed by atoms with E-state index in [0.29, 0.717) is 5.69 Å². The standard InChI is InChI=1S/C12H17N3O5S/c1-3-20-12(17)10(13)11(16)14-8-5-4-6-9(7-8)15-21(2,18)19/h4-7,10,15H,3,13H2,1-2H3,(H,14,16). The first-order chi connectivity index (χ1) is 9.73. The maximum atomic E-state index is 11.7. The number of ether oxygens (including phenoxy) is 1. The lowest BCUT2D eigenvalue weighted by Crippen LogP contribution is -2.43. The molecule has 0 saturated carbocycles. The van der Waals surface area contributed by atoms with Crippen LogP contribution in [0, 0.1) is 0 Å². The van der Waals surface area contributed by atoms with Gasteiger partial charge in [-0.2, -0.15) is 0 Å². The summed E-state index contributed by atoms with van der Waals surface area (Å²) in [4.78, 5) is 23.1. The SMILES string of the molecule is CCOC(=O)C(N)C(=O)Nc1cccc(NS(C)(=O)=O)c1. The lowest BCUT2D eigenvalue weighted by Gasteiger charge is -2.12. The van der Waals surface area contributed by atoms with Crippen LogP contribution in [0.5, 0.6) is 0 Å². The van der Waals surface area contributed by atoms with E-state index in [0.717, 1.165) is 6.26 Å². The van der Waals surface area contributed by atoms with E-state index >= 15 is 0 Å². The number of amides is 1. The molecular formula is C12H17N3O5S. The molecule has 0 aliphatic carbocycles. The Kier molecular flexibility index (Phi) is 5.68. The zero-order valence-electron chi connectivity index (χ0n) is 11.6. The van der Waals surface area contributed by atoms with Crippen LogP contribution in [-0.4, -0.2) is 39.2 Å². The van der Waals surface area contributed by atoms with Gasteiger partial charge in [0.2, 0.25) is 10.0 Å². The maximum absolute atomic E-state index is 11.7. The van der Waals surface area contributed by atoms with Gasteiger partial charge in [0.25, 0.3) is 5.91 Å². The van der Waals surface area contributed by atoms with Gasteiger partial charge in [-0.05, 0) is 25.1 Å². The number of nitrogens with two attached hydrogens (primary N) is 1. The average Bonchev–Trinajstić information content (AvgIpc) is 2.36. The summed E-state index contributed by atoms with van der Waals surface area (Å²) in [5.41, 5.74) is 6.01. The minimum Gasteiger partial charge on any atom is -0.464 e. The summed E-state index contributed by atoms with van der Waals surface area (Å²) in [6.45, 7) is 1.72. The minimum atomic E-state index is -3.42.